The van der Waals surface area contributed by atoms with Crippen LogP contribution in [0.5, 0.6) is 0 Å². The molecule has 0 saturated heterocycles. The van der Waals surface area contributed by atoms with Gasteiger partial charge in [-0.25, -0.2) is 9.18 Å². The van der Waals surface area contributed by atoms with Gasteiger partial charge in [-0.1, -0.05) is 63.3 Å². The van der Waals surface area contributed by atoms with Gasteiger partial charge in [0.2, 0.25) is 0 Å². The van der Waals surface area contributed by atoms with Gasteiger partial charge in [-0.3, -0.25) is 4.79 Å². The lowest BCUT2D eigenvalue weighted by Gasteiger charge is -2.27. The number of benzene rings is 2. The molecule has 2 aromatic rings. The van der Waals surface area contributed by atoms with Gasteiger partial charge in [0.05, 0.1) is 12.7 Å². The summed E-state index contributed by atoms with van der Waals surface area (Å²) in [6.45, 7) is 4.56. The van der Waals surface area contributed by atoms with Gasteiger partial charge in [0, 0.05) is 18.2 Å². The topological polar surface area (TPSA) is 67.4 Å². The van der Waals surface area contributed by atoms with Crippen molar-refractivity contribution in [2.24, 2.45) is 5.92 Å². The Kier molecular flexibility index (Phi) is 12.1. The van der Waals surface area contributed by atoms with Crippen molar-refractivity contribution in [1.29, 1.82) is 0 Å². The maximum Gasteiger partial charge on any atom is 0.328 e. The van der Waals surface area contributed by atoms with Crippen molar-refractivity contribution in [3.05, 3.63) is 58.9 Å². The first-order chi connectivity index (χ1) is 18.4. The normalized spacial score (nSPS) is 15.6. The van der Waals surface area contributed by atoms with Crippen LogP contribution in [0.3, 0.4) is 0 Å². The van der Waals surface area contributed by atoms with E-state index in [0.717, 1.165) is 29.9 Å². The third kappa shape index (κ3) is 8.31. The minimum atomic E-state index is -0.792. The first-order valence-electron chi connectivity index (χ1n) is 13.9. The summed E-state index contributed by atoms with van der Waals surface area (Å²) in [6, 6.07) is 10.4. The standard InChI is InChI=1S/C31H43FN2O3S/c1-5-24(17-22-12-7-6-8-13-22)33-20-23-18-26(25-14-10-9-11-21(25)2)27(19-28(23)32)30(35)34-29(15-16-38-4)31(36)37-3/h9-11,14,18-19,22,24,29,33H,5-8,12-13,15-17,20H2,1-4H3,(H,34,35)/t24-,29+/m1/s1. The predicted octanol–water partition coefficient (Wildman–Crippen LogP) is 6.66. The molecular weight excluding hydrogens is 499 g/mol. The predicted molar refractivity (Wildman–Crippen MR) is 155 cm³/mol. The summed E-state index contributed by atoms with van der Waals surface area (Å²) in [5.41, 5.74) is 3.27. The van der Waals surface area contributed by atoms with E-state index in [1.165, 1.54) is 45.3 Å². The SMILES string of the molecule is CC[C@H](CC1CCCCC1)NCc1cc(-c2ccccc2C)c(C(=O)N[C@@H](CCSC)C(=O)OC)cc1F. The van der Waals surface area contributed by atoms with Crippen LogP contribution < -0.4 is 10.6 Å². The fraction of sp³-hybridized carbons (Fsp3) is 0.548. The monoisotopic (exact) mass is 542 g/mol. The highest BCUT2D eigenvalue weighted by atomic mass is 32.2. The second kappa shape index (κ2) is 15.3. The highest BCUT2D eigenvalue weighted by Gasteiger charge is 2.25. The molecule has 1 aliphatic rings. The van der Waals surface area contributed by atoms with Crippen molar-refractivity contribution < 1.29 is 18.7 Å². The highest BCUT2D eigenvalue weighted by Crippen LogP contribution is 2.31. The molecule has 0 spiro atoms. The van der Waals surface area contributed by atoms with Crippen LogP contribution in [0.4, 0.5) is 4.39 Å². The van der Waals surface area contributed by atoms with Crippen molar-refractivity contribution in [3.8, 4) is 11.1 Å². The number of thioether (sulfide) groups is 1. The summed E-state index contributed by atoms with van der Waals surface area (Å²) in [5, 5.41) is 6.38. The van der Waals surface area contributed by atoms with Gasteiger partial charge in [-0.05, 0) is 72.9 Å². The first kappa shape index (κ1) is 30.2. The molecule has 2 aromatic carbocycles. The Morgan fingerprint density at radius 3 is 2.53 bits per heavy atom. The van der Waals surface area contributed by atoms with Crippen molar-refractivity contribution in [1.82, 2.24) is 10.6 Å². The average molecular weight is 543 g/mol. The van der Waals surface area contributed by atoms with E-state index in [2.05, 4.69) is 17.6 Å². The maximum atomic E-state index is 15.5. The fourth-order valence-electron chi connectivity index (χ4n) is 5.38. The molecule has 0 bridgehead atoms. The van der Waals surface area contributed by atoms with Crippen LogP contribution >= 0.6 is 11.8 Å². The van der Waals surface area contributed by atoms with E-state index in [0.29, 0.717) is 35.9 Å². The molecule has 1 amide bonds. The number of esters is 1. The van der Waals surface area contributed by atoms with Crippen LogP contribution in [0.15, 0.2) is 36.4 Å². The van der Waals surface area contributed by atoms with Crippen molar-refractivity contribution in [3.63, 3.8) is 0 Å². The number of aryl methyl sites for hydroxylation is 1. The van der Waals surface area contributed by atoms with Gasteiger partial charge in [0.1, 0.15) is 11.9 Å². The molecule has 0 radical (unpaired) electrons. The number of halogens is 1. The zero-order valence-corrected chi connectivity index (χ0v) is 24.1. The van der Waals surface area contributed by atoms with Gasteiger partial charge >= 0.3 is 5.97 Å². The molecule has 2 N–H and O–H groups in total. The number of carbonyl (C=O) groups is 2. The molecule has 0 aliphatic heterocycles. The smallest absolute Gasteiger partial charge is 0.328 e. The third-order valence-corrected chi connectivity index (χ3v) is 8.33. The fourth-order valence-corrected chi connectivity index (χ4v) is 5.85. The Balaban J connectivity index is 1.88. The van der Waals surface area contributed by atoms with Crippen molar-refractivity contribution in [2.45, 2.75) is 83.8 Å². The van der Waals surface area contributed by atoms with Crippen molar-refractivity contribution in [2.75, 3.05) is 19.1 Å². The van der Waals surface area contributed by atoms with Crippen LogP contribution in [0.1, 0.15) is 79.8 Å². The van der Waals surface area contributed by atoms with E-state index in [1.807, 2.05) is 37.4 Å². The van der Waals surface area contributed by atoms with Crippen molar-refractivity contribution >= 4 is 23.6 Å². The lowest BCUT2D eigenvalue weighted by molar-refractivity contribution is -0.142. The van der Waals surface area contributed by atoms with Gasteiger partial charge in [-0.15, -0.1) is 0 Å². The van der Waals surface area contributed by atoms with E-state index < -0.39 is 23.7 Å². The minimum Gasteiger partial charge on any atom is -0.467 e. The van der Waals surface area contributed by atoms with Gasteiger partial charge in [0.25, 0.3) is 5.91 Å². The van der Waals surface area contributed by atoms with Crippen LogP contribution in [-0.2, 0) is 16.1 Å². The lowest BCUT2D eigenvalue weighted by Crippen LogP contribution is -2.42. The molecule has 38 heavy (non-hydrogen) atoms. The van der Waals surface area contributed by atoms with E-state index in [-0.39, 0.29) is 5.56 Å². The zero-order chi connectivity index (χ0) is 27.5. The number of amides is 1. The van der Waals surface area contributed by atoms with Crippen LogP contribution in [0.25, 0.3) is 11.1 Å². The summed E-state index contributed by atoms with van der Waals surface area (Å²) in [5.74, 6) is 0.0136. The van der Waals surface area contributed by atoms with E-state index >= 15 is 4.39 Å². The molecule has 1 aliphatic carbocycles. The molecule has 0 heterocycles. The number of ether oxygens (including phenoxy) is 1. The lowest BCUT2D eigenvalue weighted by atomic mass is 9.84. The Labute approximate surface area is 231 Å². The molecule has 2 atom stereocenters. The maximum absolute atomic E-state index is 15.5. The molecule has 3 rings (SSSR count). The largest absolute Gasteiger partial charge is 0.467 e. The Morgan fingerprint density at radius 2 is 1.87 bits per heavy atom. The number of hydrogen-bond acceptors (Lipinski definition) is 5. The number of rotatable bonds is 13. The minimum absolute atomic E-state index is 0.216. The number of hydrogen-bond donors (Lipinski definition) is 2. The molecule has 5 nitrogen and oxygen atoms in total. The average Bonchev–Trinajstić information content (AvgIpc) is 2.94. The highest BCUT2D eigenvalue weighted by molar-refractivity contribution is 7.98. The molecule has 0 unspecified atom stereocenters. The van der Waals surface area contributed by atoms with Crippen LogP contribution in [0.2, 0.25) is 0 Å². The first-order valence-corrected chi connectivity index (χ1v) is 15.3. The molecule has 7 heteroatoms. The Hall–Kier alpha value is -2.38. The van der Waals surface area contributed by atoms with E-state index in [9.17, 15) is 9.59 Å². The number of carbonyl (C=O) groups excluding carboxylic acids is 2. The summed E-state index contributed by atoms with van der Waals surface area (Å²) in [7, 11) is 1.30. The second-order valence-electron chi connectivity index (χ2n) is 10.4. The quantitative estimate of drug-likeness (QED) is 0.277. The Morgan fingerprint density at radius 1 is 1.13 bits per heavy atom. The van der Waals surface area contributed by atoms with E-state index in [1.54, 1.807) is 17.8 Å². The molecular formula is C31H43FN2O3S. The number of methoxy groups -OCH3 is 1. The van der Waals surface area contributed by atoms with Gasteiger partial charge < -0.3 is 15.4 Å². The Bertz CT molecular complexity index is 1070. The van der Waals surface area contributed by atoms with E-state index in [4.69, 9.17) is 4.74 Å². The molecule has 1 saturated carbocycles. The summed E-state index contributed by atoms with van der Waals surface area (Å²) >= 11 is 1.58. The van der Waals surface area contributed by atoms with Crippen LogP contribution in [0, 0.1) is 18.7 Å². The molecule has 1 fully saturated rings. The van der Waals surface area contributed by atoms with Crippen LogP contribution in [-0.4, -0.2) is 43.1 Å². The van der Waals surface area contributed by atoms with Gasteiger partial charge in [-0.2, -0.15) is 11.8 Å². The molecule has 0 aromatic heterocycles. The zero-order valence-electron chi connectivity index (χ0n) is 23.3. The van der Waals surface area contributed by atoms with Gasteiger partial charge in [0.15, 0.2) is 0 Å². The summed E-state index contributed by atoms with van der Waals surface area (Å²) in [4.78, 5) is 25.7. The number of nitrogens with one attached hydrogen (secondary N) is 2. The summed E-state index contributed by atoms with van der Waals surface area (Å²) in [6.07, 6.45) is 11.0. The second-order valence-corrected chi connectivity index (χ2v) is 11.3. The third-order valence-electron chi connectivity index (χ3n) is 7.68. The summed E-state index contributed by atoms with van der Waals surface area (Å²) < 4.78 is 20.4. The molecule has 208 valence electrons.